The van der Waals surface area contributed by atoms with E-state index in [1.54, 1.807) is 0 Å². The molecule has 0 saturated carbocycles. The highest BCUT2D eigenvalue weighted by Gasteiger charge is 2.19. The van der Waals surface area contributed by atoms with E-state index < -0.39 is 0 Å². The minimum atomic E-state index is 0.843. The molecule has 0 fully saturated rings. The van der Waals surface area contributed by atoms with Crippen LogP contribution in [0.25, 0.3) is 0 Å². The summed E-state index contributed by atoms with van der Waals surface area (Å²) in [6.45, 7) is 2.15. The predicted octanol–water partition coefficient (Wildman–Crippen LogP) is 8.58. The Morgan fingerprint density at radius 2 is 0.853 bits per heavy atom. The molecule has 0 N–H and O–H groups in total. The molecule has 0 aliphatic heterocycles. The van der Waals surface area contributed by atoms with Crippen molar-refractivity contribution in [3.05, 3.63) is 139 Å². The molecule has 0 atom stereocenters. The van der Waals surface area contributed by atoms with Gasteiger partial charge >= 0.3 is 0 Å². The van der Waals surface area contributed by atoms with Gasteiger partial charge in [0.05, 0.1) is 5.69 Å². The maximum Gasteiger partial charge on any atom is 0.139 e. The summed E-state index contributed by atoms with van der Waals surface area (Å²) < 4.78 is 0. The number of anilines is 6. The van der Waals surface area contributed by atoms with Gasteiger partial charge in [-0.25, -0.2) is 4.98 Å². The summed E-state index contributed by atoms with van der Waals surface area (Å²) in [5, 5.41) is 0. The molecule has 0 spiro atoms. The number of rotatable bonds is 7. The normalized spacial score (nSPS) is 10.6. The SMILES string of the molecule is CCc1cc(N(c2ccccc2)c2ccccc2)cc(N(c2ccccc2)c2ccccc2)n1. The number of aromatic nitrogens is 1. The van der Waals surface area contributed by atoms with Gasteiger partial charge in [0.1, 0.15) is 5.82 Å². The molecule has 34 heavy (non-hydrogen) atoms. The third-order valence-electron chi connectivity index (χ3n) is 5.76. The monoisotopic (exact) mass is 441 g/mol. The lowest BCUT2D eigenvalue weighted by Crippen LogP contribution is -2.15. The molecule has 0 unspecified atom stereocenters. The minimum Gasteiger partial charge on any atom is -0.310 e. The zero-order valence-corrected chi connectivity index (χ0v) is 19.3. The van der Waals surface area contributed by atoms with Crippen LogP contribution in [0.4, 0.5) is 34.3 Å². The maximum absolute atomic E-state index is 5.07. The van der Waals surface area contributed by atoms with E-state index in [1.165, 1.54) is 0 Å². The molecule has 5 aromatic rings. The van der Waals surface area contributed by atoms with Crippen LogP contribution in [-0.4, -0.2) is 4.98 Å². The van der Waals surface area contributed by atoms with Crippen LogP contribution < -0.4 is 9.80 Å². The van der Waals surface area contributed by atoms with Gasteiger partial charge in [-0.2, -0.15) is 0 Å². The van der Waals surface area contributed by atoms with Gasteiger partial charge in [0.25, 0.3) is 0 Å². The molecule has 0 aliphatic carbocycles. The van der Waals surface area contributed by atoms with Crippen LogP contribution in [-0.2, 0) is 6.42 Å². The lowest BCUT2D eigenvalue weighted by atomic mass is 10.1. The van der Waals surface area contributed by atoms with Crippen molar-refractivity contribution in [1.29, 1.82) is 0 Å². The van der Waals surface area contributed by atoms with E-state index in [2.05, 4.69) is 138 Å². The number of hydrogen-bond acceptors (Lipinski definition) is 3. The lowest BCUT2D eigenvalue weighted by molar-refractivity contribution is 1.02. The van der Waals surface area contributed by atoms with E-state index in [0.717, 1.165) is 46.4 Å². The molecular weight excluding hydrogens is 414 g/mol. The molecule has 3 heteroatoms. The van der Waals surface area contributed by atoms with Gasteiger partial charge in [0.2, 0.25) is 0 Å². The number of aryl methyl sites for hydroxylation is 1. The molecule has 0 bridgehead atoms. The summed E-state index contributed by atoms with van der Waals surface area (Å²) in [5.41, 5.74) is 6.49. The van der Waals surface area contributed by atoms with Gasteiger partial charge in [-0.1, -0.05) is 79.7 Å². The number of nitrogens with zero attached hydrogens (tertiary/aromatic N) is 3. The number of hydrogen-bond donors (Lipinski definition) is 0. The molecular formula is C31H27N3. The zero-order chi connectivity index (χ0) is 23.2. The lowest BCUT2D eigenvalue weighted by Gasteiger charge is -2.29. The predicted molar refractivity (Wildman–Crippen MR) is 143 cm³/mol. The van der Waals surface area contributed by atoms with Crippen molar-refractivity contribution in [2.75, 3.05) is 9.80 Å². The van der Waals surface area contributed by atoms with E-state index in [1.807, 2.05) is 12.1 Å². The first-order valence-electron chi connectivity index (χ1n) is 11.6. The van der Waals surface area contributed by atoms with Crippen molar-refractivity contribution in [2.24, 2.45) is 0 Å². The number of benzene rings is 4. The molecule has 0 radical (unpaired) electrons. The first-order valence-corrected chi connectivity index (χ1v) is 11.6. The highest BCUT2D eigenvalue weighted by atomic mass is 15.2. The molecule has 5 rings (SSSR count). The van der Waals surface area contributed by atoms with Gasteiger partial charge in [-0.05, 0) is 61.0 Å². The van der Waals surface area contributed by atoms with Gasteiger partial charge < -0.3 is 4.90 Å². The Hall–Kier alpha value is -4.37. The highest BCUT2D eigenvalue weighted by Crippen LogP contribution is 2.39. The Kier molecular flexibility index (Phi) is 6.35. The fraction of sp³-hybridized carbons (Fsp3) is 0.0645. The number of para-hydroxylation sites is 4. The van der Waals surface area contributed by atoms with E-state index in [-0.39, 0.29) is 0 Å². The first kappa shape index (κ1) is 21.5. The molecule has 1 aromatic heterocycles. The van der Waals surface area contributed by atoms with Crippen molar-refractivity contribution < 1.29 is 0 Å². The second kappa shape index (κ2) is 10.1. The Morgan fingerprint density at radius 3 is 1.24 bits per heavy atom. The van der Waals surface area contributed by atoms with Crippen LogP contribution in [0, 0.1) is 0 Å². The van der Waals surface area contributed by atoms with Crippen molar-refractivity contribution >= 4 is 34.3 Å². The molecule has 0 saturated heterocycles. The van der Waals surface area contributed by atoms with Crippen LogP contribution in [0.3, 0.4) is 0 Å². The molecule has 166 valence electrons. The molecule has 0 aliphatic rings. The standard InChI is InChI=1S/C31H27N3/c1-2-25-23-30(33(26-15-7-3-8-16-26)27-17-9-4-10-18-27)24-31(32-25)34(28-19-11-5-12-20-28)29-21-13-6-14-22-29/h3-24H,2H2,1H3. The van der Waals surface area contributed by atoms with Gasteiger partial charge in [0.15, 0.2) is 0 Å². The smallest absolute Gasteiger partial charge is 0.139 e. The average Bonchev–Trinajstić information content (AvgIpc) is 2.91. The van der Waals surface area contributed by atoms with Crippen LogP contribution in [0.1, 0.15) is 12.6 Å². The average molecular weight is 442 g/mol. The Balaban J connectivity index is 1.71. The van der Waals surface area contributed by atoms with E-state index in [4.69, 9.17) is 4.98 Å². The van der Waals surface area contributed by atoms with Crippen molar-refractivity contribution in [2.45, 2.75) is 13.3 Å². The summed E-state index contributed by atoms with van der Waals surface area (Å²) >= 11 is 0. The van der Waals surface area contributed by atoms with Crippen LogP contribution >= 0.6 is 0 Å². The second-order valence-electron chi connectivity index (χ2n) is 8.04. The quantitative estimate of drug-likeness (QED) is 0.252. The van der Waals surface area contributed by atoms with Gasteiger partial charge in [-0.3, -0.25) is 4.90 Å². The van der Waals surface area contributed by atoms with Crippen LogP contribution in [0.2, 0.25) is 0 Å². The Labute approximate surface area is 201 Å². The first-order chi connectivity index (χ1) is 16.8. The molecule has 4 aromatic carbocycles. The topological polar surface area (TPSA) is 19.4 Å². The van der Waals surface area contributed by atoms with E-state index in [9.17, 15) is 0 Å². The number of pyridine rings is 1. The van der Waals surface area contributed by atoms with Gasteiger partial charge in [0, 0.05) is 34.5 Å². The summed E-state index contributed by atoms with van der Waals surface area (Å²) in [4.78, 5) is 9.58. The summed E-state index contributed by atoms with van der Waals surface area (Å²) in [7, 11) is 0. The second-order valence-corrected chi connectivity index (χ2v) is 8.04. The van der Waals surface area contributed by atoms with Crippen LogP contribution in [0.15, 0.2) is 133 Å². The van der Waals surface area contributed by atoms with Crippen molar-refractivity contribution in [1.82, 2.24) is 4.98 Å². The maximum atomic E-state index is 5.07. The fourth-order valence-electron chi connectivity index (χ4n) is 4.15. The minimum absolute atomic E-state index is 0.843. The molecule has 3 nitrogen and oxygen atoms in total. The Bertz CT molecular complexity index is 1140. The Morgan fingerprint density at radius 1 is 0.471 bits per heavy atom. The summed E-state index contributed by atoms with van der Waals surface area (Å²) in [6.07, 6.45) is 0.843. The fourth-order valence-corrected chi connectivity index (χ4v) is 4.15. The van der Waals surface area contributed by atoms with Crippen molar-refractivity contribution in [3.63, 3.8) is 0 Å². The molecule has 1 heterocycles. The highest BCUT2D eigenvalue weighted by molar-refractivity contribution is 5.81. The van der Waals surface area contributed by atoms with E-state index >= 15 is 0 Å². The van der Waals surface area contributed by atoms with Crippen molar-refractivity contribution in [3.8, 4) is 0 Å². The van der Waals surface area contributed by atoms with Crippen LogP contribution in [0.5, 0.6) is 0 Å². The summed E-state index contributed by atoms with van der Waals surface area (Å²) in [6, 6.07) is 46.2. The third kappa shape index (κ3) is 4.55. The zero-order valence-electron chi connectivity index (χ0n) is 19.3. The summed E-state index contributed by atoms with van der Waals surface area (Å²) in [5.74, 6) is 0.892. The molecule has 0 amide bonds. The van der Waals surface area contributed by atoms with Gasteiger partial charge in [-0.15, -0.1) is 0 Å². The third-order valence-corrected chi connectivity index (χ3v) is 5.76. The largest absolute Gasteiger partial charge is 0.310 e. The van der Waals surface area contributed by atoms with E-state index in [0.29, 0.717) is 0 Å².